The average molecular weight is 242 g/mol. The van der Waals surface area contributed by atoms with Gasteiger partial charge < -0.3 is 15.8 Å². The van der Waals surface area contributed by atoms with Gasteiger partial charge in [0.15, 0.2) is 5.75 Å². The molecule has 18 heavy (non-hydrogen) atoms. The lowest BCUT2D eigenvalue weighted by molar-refractivity contribution is -0.114. The van der Waals surface area contributed by atoms with Gasteiger partial charge in [0.1, 0.15) is 5.75 Å². The van der Waals surface area contributed by atoms with Gasteiger partial charge in [-0.25, -0.2) is 0 Å². The van der Waals surface area contributed by atoms with E-state index in [1.165, 1.54) is 6.92 Å². The number of nitrogens with two attached hydrogens (primary N) is 1. The Balaban J connectivity index is 2.24. The van der Waals surface area contributed by atoms with Gasteiger partial charge in [0, 0.05) is 18.7 Å². The van der Waals surface area contributed by atoms with E-state index in [1.807, 2.05) is 30.3 Å². The molecule has 4 nitrogen and oxygen atoms in total. The van der Waals surface area contributed by atoms with Crippen LogP contribution in [0.3, 0.4) is 0 Å². The summed E-state index contributed by atoms with van der Waals surface area (Å²) in [5.74, 6) is 1.09. The van der Waals surface area contributed by atoms with Crippen molar-refractivity contribution in [3.05, 3.63) is 48.5 Å². The Morgan fingerprint density at radius 2 is 1.89 bits per heavy atom. The molecule has 0 aliphatic rings. The van der Waals surface area contributed by atoms with Crippen LogP contribution in [-0.4, -0.2) is 5.91 Å². The number of carbonyl (C=O) groups is 1. The van der Waals surface area contributed by atoms with Gasteiger partial charge in [0.05, 0.1) is 5.69 Å². The fourth-order valence-corrected chi connectivity index (χ4v) is 1.52. The molecule has 0 aromatic heterocycles. The van der Waals surface area contributed by atoms with Gasteiger partial charge in [-0.3, -0.25) is 4.79 Å². The number of hydrogen-bond acceptors (Lipinski definition) is 3. The number of rotatable bonds is 3. The standard InChI is InChI=1S/C14H14N2O2/c1-10(17)16-11-7-8-13(15)14(9-11)18-12-5-3-2-4-6-12/h2-9H,15H2,1H3,(H,16,17). The van der Waals surface area contributed by atoms with Crippen molar-refractivity contribution in [3.8, 4) is 11.5 Å². The normalized spacial score (nSPS) is 9.83. The molecule has 0 spiro atoms. The summed E-state index contributed by atoms with van der Waals surface area (Å²) in [5.41, 5.74) is 7.01. The second kappa shape index (κ2) is 5.23. The highest BCUT2D eigenvalue weighted by Gasteiger charge is 2.04. The fourth-order valence-electron chi connectivity index (χ4n) is 1.52. The molecule has 0 atom stereocenters. The second-order valence-corrected chi connectivity index (χ2v) is 3.85. The van der Waals surface area contributed by atoms with Crippen LogP contribution in [0.4, 0.5) is 11.4 Å². The zero-order chi connectivity index (χ0) is 13.0. The summed E-state index contributed by atoms with van der Waals surface area (Å²) < 4.78 is 5.66. The minimum atomic E-state index is -0.134. The largest absolute Gasteiger partial charge is 0.455 e. The van der Waals surface area contributed by atoms with Crippen LogP contribution in [-0.2, 0) is 4.79 Å². The zero-order valence-corrected chi connectivity index (χ0v) is 10.0. The van der Waals surface area contributed by atoms with Crippen LogP contribution in [0.2, 0.25) is 0 Å². The molecule has 0 fully saturated rings. The molecule has 0 aliphatic heterocycles. The maximum absolute atomic E-state index is 11.0. The number of para-hydroxylation sites is 1. The Labute approximate surface area is 105 Å². The average Bonchev–Trinajstić information content (AvgIpc) is 2.34. The van der Waals surface area contributed by atoms with Gasteiger partial charge >= 0.3 is 0 Å². The van der Waals surface area contributed by atoms with E-state index in [-0.39, 0.29) is 5.91 Å². The maximum atomic E-state index is 11.0. The second-order valence-electron chi connectivity index (χ2n) is 3.85. The van der Waals surface area contributed by atoms with E-state index in [4.69, 9.17) is 10.5 Å². The first-order chi connectivity index (χ1) is 8.65. The van der Waals surface area contributed by atoms with Crippen LogP contribution in [0.1, 0.15) is 6.92 Å². The molecule has 0 heterocycles. The predicted molar refractivity (Wildman–Crippen MR) is 71.7 cm³/mol. The molecular formula is C14H14N2O2. The monoisotopic (exact) mass is 242 g/mol. The van der Waals surface area contributed by atoms with Gasteiger partial charge in [-0.15, -0.1) is 0 Å². The number of nitrogen functional groups attached to an aromatic ring is 1. The van der Waals surface area contributed by atoms with Crippen LogP contribution < -0.4 is 15.8 Å². The van der Waals surface area contributed by atoms with Gasteiger partial charge in [0.2, 0.25) is 5.91 Å². The van der Waals surface area contributed by atoms with Crippen molar-refractivity contribution in [2.45, 2.75) is 6.92 Å². The quantitative estimate of drug-likeness (QED) is 0.813. The Bertz CT molecular complexity index is 553. The third-order valence-electron chi connectivity index (χ3n) is 2.30. The summed E-state index contributed by atoms with van der Waals surface area (Å²) >= 11 is 0. The summed E-state index contributed by atoms with van der Waals surface area (Å²) in [6.07, 6.45) is 0. The number of anilines is 2. The number of hydrogen-bond donors (Lipinski definition) is 2. The van der Waals surface area contributed by atoms with Crippen molar-refractivity contribution in [2.75, 3.05) is 11.1 Å². The first kappa shape index (κ1) is 12.0. The lowest BCUT2D eigenvalue weighted by Crippen LogP contribution is -2.06. The van der Waals surface area contributed by atoms with E-state index in [0.29, 0.717) is 22.9 Å². The van der Waals surface area contributed by atoms with E-state index >= 15 is 0 Å². The highest BCUT2D eigenvalue weighted by atomic mass is 16.5. The molecule has 2 aromatic rings. The Morgan fingerprint density at radius 1 is 1.17 bits per heavy atom. The molecule has 3 N–H and O–H groups in total. The van der Waals surface area contributed by atoms with Crippen LogP contribution in [0, 0.1) is 0 Å². The third kappa shape index (κ3) is 3.01. The molecule has 0 saturated heterocycles. The molecule has 0 aliphatic carbocycles. The number of ether oxygens (including phenoxy) is 1. The highest BCUT2D eigenvalue weighted by molar-refractivity contribution is 5.89. The first-order valence-corrected chi connectivity index (χ1v) is 5.55. The minimum Gasteiger partial charge on any atom is -0.455 e. The Hall–Kier alpha value is -2.49. The maximum Gasteiger partial charge on any atom is 0.221 e. The smallest absolute Gasteiger partial charge is 0.221 e. The number of benzene rings is 2. The Morgan fingerprint density at radius 3 is 2.56 bits per heavy atom. The summed E-state index contributed by atoms with van der Waals surface area (Å²) in [6.45, 7) is 1.45. The topological polar surface area (TPSA) is 64.4 Å². The van der Waals surface area contributed by atoms with Gasteiger partial charge in [0.25, 0.3) is 0 Å². The Kier molecular flexibility index (Phi) is 3.48. The molecule has 0 radical (unpaired) electrons. The molecule has 0 unspecified atom stereocenters. The van der Waals surface area contributed by atoms with Crippen molar-refractivity contribution in [1.29, 1.82) is 0 Å². The predicted octanol–water partition coefficient (Wildman–Crippen LogP) is 3.02. The number of amides is 1. The van der Waals surface area contributed by atoms with E-state index in [2.05, 4.69) is 5.32 Å². The van der Waals surface area contributed by atoms with Crippen molar-refractivity contribution in [1.82, 2.24) is 0 Å². The molecule has 2 rings (SSSR count). The SMILES string of the molecule is CC(=O)Nc1ccc(N)c(Oc2ccccc2)c1. The fraction of sp³-hybridized carbons (Fsp3) is 0.0714. The van der Waals surface area contributed by atoms with E-state index in [0.717, 1.165) is 0 Å². The molecule has 1 amide bonds. The zero-order valence-electron chi connectivity index (χ0n) is 10.0. The summed E-state index contributed by atoms with van der Waals surface area (Å²) in [6, 6.07) is 14.5. The lowest BCUT2D eigenvalue weighted by Gasteiger charge is -2.10. The van der Waals surface area contributed by atoms with Crippen LogP contribution in [0.5, 0.6) is 11.5 Å². The van der Waals surface area contributed by atoms with Crippen molar-refractivity contribution in [3.63, 3.8) is 0 Å². The molecular weight excluding hydrogens is 228 g/mol. The molecule has 92 valence electrons. The van der Waals surface area contributed by atoms with Crippen molar-refractivity contribution in [2.24, 2.45) is 0 Å². The van der Waals surface area contributed by atoms with Crippen LogP contribution in [0.15, 0.2) is 48.5 Å². The van der Waals surface area contributed by atoms with Gasteiger partial charge in [-0.05, 0) is 24.3 Å². The molecule has 4 heteroatoms. The summed E-state index contributed by atoms with van der Waals surface area (Å²) in [4.78, 5) is 11.0. The lowest BCUT2D eigenvalue weighted by atomic mass is 10.2. The molecule has 0 bridgehead atoms. The van der Waals surface area contributed by atoms with E-state index in [9.17, 15) is 4.79 Å². The highest BCUT2D eigenvalue weighted by Crippen LogP contribution is 2.30. The van der Waals surface area contributed by atoms with E-state index in [1.54, 1.807) is 18.2 Å². The first-order valence-electron chi connectivity index (χ1n) is 5.55. The summed E-state index contributed by atoms with van der Waals surface area (Å²) in [7, 11) is 0. The van der Waals surface area contributed by atoms with Crippen molar-refractivity contribution >= 4 is 17.3 Å². The van der Waals surface area contributed by atoms with E-state index < -0.39 is 0 Å². The number of carbonyl (C=O) groups excluding carboxylic acids is 1. The van der Waals surface area contributed by atoms with Crippen LogP contribution in [0.25, 0.3) is 0 Å². The molecule has 0 saturated carbocycles. The molecule has 2 aromatic carbocycles. The van der Waals surface area contributed by atoms with Gasteiger partial charge in [-0.1, -0.05) is 18.2 Å². The minimum absolute atomic E-state index is 0.134. The number of nitrogens with one attached hydrogen (secondary N) is 1. The third-order valence-corrected chi connectivity index (χ3v) is 2.30. The van der Waals surface area contributed by atoms with Crippen LogP contribution >= 0.6 is 0 Å². The van der Waals surface area contributed by atoms with Gasteiger partial charge in [-0.2, -0.15) is 0 Å². The van der Waals surface area contributed by atoms with Crippen molar-refractivity contribution < 1.29 is 9.53 Å². The summed E-state index contributed by atoms with van der Waals surface area (Å²) in [5, 5.41) is 2.68.